The number of benzene rings is 1. The highest BCUT2D eigenvalue weighted by Crippen LogP contribution is 2.19. The first-order chi connectivity index (χ1) is 9.81. The monoisotopic (exact) mass is 293 g/mol. The summed E-state index contributed by atoms with van der Waals surface area (Å²) in [5, 5.41) is 2.74. The Hall–Kier alpha value is -2.04. The summed E-state index contributed by atoms with van der Waals surface area (Å²) in [6, 6.07) is 7.48. The molecule has 0 aromatic heterocycles. The Morgan fingerprint density at radius 3 is 2.48 bits per heavy atom. The second-order valence-corrected chi connectivity index (χ2v) is 5.71. The summed E-state index contributed by atoms with van der Waals surface area (Å²) < 4.78 is 9.84. The Balaban J connectivity index is 2.62. The fourth-order valence-corrected chi connectivity index (χ4v) is 1.80. The minimum Gasteiger partial charge on any atom is -0.469 e. The van der Waals surface area contributed by atoms with Crippen molar-refractivity contribution >= 4 is 17.7 Å². The Labute approximate surface area is 125 Å². The zero-order chi connectivity index (χ0) is 15.9. The molecule has 0 aliphatic carbocycles. The molecular weight excluding hydrogens is 270 g/mol. The van der Waals surface area contributed by atoms with Crippen molar-refractivity contribution in [3.63, 3.8) is 0 Å². The summed E-state index contributed by atoms with van der Waals surface area (Å²) >= 11 is 0. The number of anilines is 1. The van der Waals surface area contributed by atoms with Crippen LogP contribution in [0.2, 0.25) is 0 Å². The van der Waals surface area contributed by atoms with Crippen LogP contribution < -0.4 is 5.32 Å². The molecule has 0 heterocycles. The summed E-state index contributed by atoms with van der Waals surface area (Å²) in [6.45, 7) is 5.44. The van der Waals surface area contributed by atoms with Gasteiger partial charge in [-0.05, 0) is 45.2 Å². The second kappa shape index (κ2) is 7.67. The van der Waals surface area contributed by atoms with Gasteiger partial charge in [0.05, 0.1) is 7.11 Å². The van der Waals surface area contributed by atoms with Crippen molar-refractivity contribution in [2.24, 2.45) is 0 Å². The van der Waals surface area contributed by atoms with E-state index in [1.54, 1.807) is 0 Å². The van der Waals surface area contributed by atoms with Gasteiger partial charge in [0, 0.05) is 12.1 Å². The zero-order valence-electron chi connectivity index (χ0n) is 13.1. The van der Waals surface area contributed by atoms with Crippen LogP contribution in [-0.2, 0) is 20.7 Å². The molecule has 1 aromatic rings. The van der Waals surface area contributed by atoms with E-state index in [2.05, 4.69) is 10.1 Å². The number of hydrogen-bond donors (Lipinski definition) is 1. The van der Waals surface area contributed by atoms with E-state index in [9.17, 15) is 9.59 Å². The van der Waals surface area contributed by atoms with Crippen LogP contribution in [0.1, 0.15) is 39.2 Å². The molecule has 0 saturated carbocycles. The third-order valence-corrected chi connectivity index (χ3v) is 2.71. The molecule has 5 heteroatoms. The standard InChI is InChI=1S/C16H23NO4/c1-16(2,3)21-15(19)17-13-10-6-5-8-12(13)9-7-11-14(18)20-4/h5-6,8,10H,7,9,11H2,1-4H3,(H,17,19). The fraction of sp³-hybridized carbons (Fsp3) is 0.500. The Kier molecular flexibility index (Phi) is 6.21. The van der Waals surface area contributed by atoms with Gasteiger partial charge in [-0.15, -0.1) is 0 Å². The molecule has 0 fully saturated rings. The smallest absolute Gasteiger partial charge is 0.412 e. The Morgan fingerprint density at radius 1 is 1.19 bits per heavy atom. The van der Waals surface area contributed by atoms with Crippen LogP contribution in [0.5, 0.6) is 0 Å². The van der Waals surface area contributed by atoms with E-state index in [1.807, 2.05) is 45.0 Å². The van der Waals surface area contributed by atoms with Crippen molar-refractivity contribution in [1.29, 1.82) is 0 Å². The molecule has 0 bridgehead atoms. The van der Waals surface area contributed by atoms with Gasteiger partial charge >= 0.3 is 12.1 Å². The summed E-state index contributed by atoms with van der Waals surface area (Å²) in [6.07, 6.45) is 1.22. The van der Waals surface area contributed by atoms with Gasteiger partial charge in [-0.1, -0.05) is 18.2 Å². The maximum atomic E-state index is 11.8. The van der Waals surface area contributed by atoms with E-state index < -0.39 is 11.7 Å². The van der Waals surface area contributed by atoms with E-state index in [0.29, 0.717) is 24.9 Å². The maximum Gasteiger partial charge on any atom is 0.412 e. The molecule has 0 aliphatic rings. The number of carbonyl (C=O) groups is 2. The van der Waals surface area contributed by atoms with Gasteiger partial charge < -0.3 is 9.47 Å². The normalized spacial score (nSPS) is 10.9. The first kappa shape index (κ1) is 17.0. The Bertz CT molecular complexity index is 491. The summed E-state index contributed by atoms with van der Waals surface area (Å²) in [5.74, 6) is -0.229. The number of nitrogens with one attached hydrogen (secondary N) is 1. The number of ether oxygens (including phenoxy) is 2. The molecule has 5 nitrogen and oxygen atoms in total. The van der Waals surface area contributed by atoms with Crippen molar-refractivity contribution in [3.8, 4) is 0 Å². The van der Waals surface area contributed by atoms with Crippen molar-refractivity contribution in [2.45, 2.75) is 45.6 Å². The molecule has 1 aromatic carbocycles. The lowest BCUT2D eigenvalue weighted by Crippen LogP contribution is -2.27. The Morgan fingerprint density at radius 2 is 1.86 bits per heavy atom. The summed E-state index contributed by atoms with van der Waals surface area (Å²) in [7, 11) is 1.38. The molecule has 0 spiro atoms. The predicted octanol–water partition coefficient (Wildman–Crippen LogP) is 3.53. The maximum absolute atomic E-state index is 11.8. The highest BCUT2D eigenvalue weighted by Gasteiger charge is 2.17. The molecule has 116 valence electrons. The predicted molar refractivity (Wildman–Crippen MR) is 81.3 cm³/mol. The number of rotatable bonds is 5. The second-order valence-electron chi connectivity index (χ2n) is 5.71. The fourth-order valence-electron chi connectivity index (χ4n) is 1.80. The highest BCUT2D eigenvalue weighted by molar-refractivity contribution is 5.85. The number of esters is 1. The topological polar surface area (TPSA) is 64.6 Å². The van der Waals surface area contributed by atoms with Gasteiger partial charge in [-0.3, -0.25) is 10.1 Å². The van der Waals surface area contributed by atoms with E-state index >= 15 is 0 Å². The molecule has 1 amide bonds. The van der Waals surface area contributed by atoms with Crippen molar-refractivity contribution in [2.75, 3.05) is 12.4 Å². The minimum atomic E-state index is -0.538. The number of hydrogen-bond acceptors (Lipinski definition) is 4. The van der Waals surface area contributed by atoms with Crippen molar-refractivity contribution in [3.05, 3.63) is 29.8 Å². The average molecular weight is 293 g/mol. The lowest BCUT2D eigenvalue weighted by atomic mass is 10.1. The van der Waals surface area contributed by atoms with Crippen molar-refractivity contribution < 1.29 is 19.1 Å². The third-order valence-electron chi connectivity index (χ3n) is 2.71. The average Bonchev–Trinajstić information content (AvgIpc) is 2.38. The SMILES string of the molecule is COC(=O)CCCc1ccccc1NC(=O)OC(C)(C)C. The zero-order valence-corrected chi connectivity index (χ0v) is 13.1. The summed E-state index contributed by atoms with van der Waals surface area (Å²) in [5.41, 5.74) is 1.13. The molecule has 1 N–H and O–H groups in total. The number of para-hydroxylation sites is 1. The molecule has 0 aliphatic heterocycles. The molecule has 0 radical (unpaired) electrons. The summed E-state index contributed by atoms with van der Waals surface area (Å²) in [4.78, 5) is 22.9. The highest BCUT2D eigenvalue weighted by atomic mass is 16.6. The van der Waals surface area contributed by atoms with Crippen LogP contribution in [-0.4, -0.2) is 24.8 Å². The third kappa shape index (κ3) is 6.79. The van der Waals surface area contributed by atoms with Gasteiger partial charge in [0.15, 0.2) is 0 Å². The van der Waals surface area contributed by atoms with Crippen molar-refractivity contribution in [1.82, 2.24) is 0 Å². The van der Waals surface area contributed by atoms with E-state index in [-0.39, 0.29) is 5.97 Å². The lowest BCUT2D eigenvalue weighted by Gasteiger charge is -2.20. The number of aryl methyl sites for hydroxylation is 1. The van der Waals surface area contributed by atoms with Gasteiger partial charge in [0.1, 0.15) is 5.60 Å². The van der Waals surface area contributed by atoms with Crippen LogP contribution in [0.3, 0.4) is 0 Å². The molecule has 1 rings (SSSR count). The molecule has 0 atom stereocenters. The van der Waals surface area contributed by atoms with E-state index in [1.165, 1.54) is 7.11 Å². The van der Waals surface area contributed by atoms with Gasteiger partial charge in [-0.25, -0.2) is 4.79 Å². The number of carbonyl (C=O) groups excluding carboxylic acids is 2. The van der Waals surface area contributed by atoms with E-state index in [0.717, 1.165) is 5.56 Å². The number of amides is 1. The molecule has 0 unspecified atom stereocenters. The minimum absolute atomic E-state index is 0.229. The van der Waals surface area contributed by atoms with Gasteiger partial charge in [-0.2, -0.15) is 0 Å². The first-order valence-electron chi connectivity index (χ1n) is 6.96. The first-order valence-corrected chi connectivity index (χ1v) is 6.96. The van der Waals surface area contributed by atoms with E-state index in [4.69, 9.17) is 4.74 Å². The molecule has 0 saturated heterocycles. The van der Waals surface area contributed by atoms with Gasteiger partial charge in [0.25, 0.3) is 0 Å². The van der Waals surface area contributed by atoms with Crippen LogP contribution in [0.15, 0.2) is 24.3 Å². The van der Waals surface area contributed by atoms with Crippen LogP contribution in [0.25, 0.3) is 0 Å². The largest absolute Gasteiger partial charge is 0.469 e. The molecular formula is C16H23NO4. The number of methoxy groups -OCH3 is 1. The lowest BCUT2D eigenvalue weighted by molar-refractivity contribution is -0.140. The van der Waals surface area contributed by atoms with Crippen LogP contribution in [0.4, 0.5) is 10.5 Å². The molecule has 21 heavy (non-hydrogen) atoms. The quantitative estimate of drug-likeness (QED) is 0.843. The van der Waals surface area contributed by atoms with Crippen LogP contribution >= 0.6 is 0 Å². The van der Waals surface area contributed by atoms with Gasteiger partial charge in [0.2, 0.25) is 0 Å². The van der Waals surface area contributed by atoms with Crippen LogP contribution in [0, 0.1) is 0 Å².